The van der Waals surface area contributed by atoms with Crippen molar-refractivity contribution in [2.75, 3.05) is 26.3 Å². The molecular formula is C21H20N4O4S. The highest BCUT2D eigenvalue weighted by Gasteiger charge is 2.14. The first-order valence-electron chi connectivity index (χ1n) is 9.70. The summed E-state index contributed by atoms with van der Waals surface area (Å²) >= 11 is 5.27. The lowest BCUT2D eigenvalue weighted by atomic mass is 10.2. The van der Waals surface area contributed by atoms with Crippen molar-refractivity contribution in [1.29, 1.82) is 0 Å². The van der Waals surface area contributed by atoms with E-state index in [9.17, 15) is 0 Å². The molecule has 0 spiro atoms. The molecule has 3 heterocycles. The summed E-state index contributed by atoms with van der Waals surface area (Å²) in [6.07, 6.45) is 0. The first-order chi connectivity index (χ1) is 14.7. The zero-order valence-electron chi connectivity index (χ0n) is 16.2. The predicted molar refractivity (Wildman–Crippen MR) is 111 cm³/mol. The highest BCUT2D eigenvalue weighted by atomic mass is 32.1. The summed E-state index contributed by atoms with van der Waals surface area (Å²) in [7, 11) is 0. The molecule has 0 N–H and O–H groups in total. The fraction of sp³-hybridized carbons (Fsp3) is 0.286. The van der Waals surface area contributed by atoms with Gasteiger partial charge in [-0.1, -0.05) is 12.1 Å². The van der Waals surface area contributed by atoms with Gasteiger partial charge >= 0.3 is 0 Å². The zero-order valence-corrected chi connectivity index (χ0v) is 17.0. The smallest absolute Gasteiger partial charge is 0.288 e. The van der Waals surface area contributed by atoms with E-state index in [0.717, 1.165) is 43.0 Å². The number of fused-ring (bicyclic) bond motifs is 1. The molecule has 1 aliphatic heterocycles. The number of oxazole rings is 1. The van der Waals surface area contributed by atoms with Gasteiger partial charge < -0.3 is 18.3 Å². The number of rotatable bonds is 6. The number of ether oxygens (including phenoxy) is 2. The van der Waals surface area contributed by atoms with Crippen molar-refractivity contribution in [3.05, 3.63) is 59.3 Å². The second-order valence-electron chi connectivity index (χ2n) is 6.93. The van der Waals surface area contributed by atoms with Crippen LogP contribution < -0.4 is 4.74 Å². The van der Waals surface area contributed by atoms with Crippen molar-refractivity contribution >= 4 is 23.3 Å². The molecular weight excluding hydrogens is 404 g/mol. The highest BCUT2D eigenvalue weighted by molar-refractivity contribution is 7.71. The van der Waals surface area contributed by atoms with Gasteiger partial charge in [-0.25, -0.2) is 9.67 Å². The molecule has 0 aliphatic carbocycles. The van der Waals surface area contributed by atoms with E-state index in [2.05, 4.69) is 15.0 Å². The van der Waals surface area contributed by atoms with Crippen LogP contribution in [0.25, 0.3) is 22.6 Å². The number of nitrogens with zero attached hydrogens (tertiary/aromatic N) is 4. The van der Waals surface area contributed by atoms with Crippen LogP contribution in [0.5, 0.6) is 5.75 Å². The molecule has 2 aromatic carbocycles. The molecule has 30 heavy (non-hydrogen) atoms. The summed E-state index contributed by atoms with van der Waals surface area (Å²) in [5.74, 6) is 1.71. The van der Waals surface area contributed by atoms with Crippen LogP contribution in [0, 0.1) is 4.84 Å². The van der Waals surface area contributed by atoms with Gasteiger partial charge in [0.15, 0.2) is 12.2 Å². The van der Waals surface area contributed by atoms with Crippen LogP contribution in [0.1, 0.15) is 5.89 Å². The third-order valence-electron chi connectivity index (χ3n) is 4.84. The number of para-hydroxylation sites is 2. The molecule has 0 bridgehead atoms. The molecule has 4 aromatic rings. The fourth-order valence-corrected chi connectivity index (χ4v) is 3.46. The number of morpholine rings is 1. The molecule has 0 radical (unpaired) electrons. The Kier molecular flexibility index (Phi) is 5.31. The van der Waals surface area contributed by atoms with Crippen molar-refractivity contribution in [3.63, 3.8) is 0 Å². The summed E-state index contributed by atoms with van der Waals surface area (Å²) in [4.78, 5) is 7.07. The van der Waals surface area contributed by atoms with Crippen LogP contribution in [0.3, 0.4) is 0 Å². The average Bonchev–Trinajstić information content (AvgIpc) is 3.37. The Balaban J connectivity index is 1.22. The predicted octanol–water partition coefficient (Wildman–Crippen LogP) is 3.88. The van der Waals surface area contributed by atoms with Crippen LogP contribution in [-0.4, -0.2) is 46.0 Å². The molecule has 154 valence electrons. The number of aromatic nitrogens is 3. The van der Waals surface area contributed by atoms with E-state index in [-0.39, 0.29) is 6.61 Å². The van der Waals surface area contributed by atoms with E-state index in [1.54, 1.807) is 4.68 Å². The van der Waals surface area contributed by atoms with Crippen LogP contribution in [0.2, 0.25) is 0 Å². The molecule has 0 atom stereocenters. The second-order valence-corrected chi connectivity index (χ2v) is 7.28. The molecule has 0 amide bonds. The molecule has 5 rings (SSSR count). The lowest BCUT2D eigenvalue weighted by Gasteiger charge is -2.25. The minimum atomic E-state index is 0.196. The lowest BCUT2D eigenvalue weighted by Crippen LogP contribution is -2.37. The monoisotopic (exact) mass is 424 g/mol. The Labute approximate surface area is 177 Å². The van der Waals surface area contributed by atoms with E-state index in [4.69, 9.17) is 30.5 Å². The van der Waals surface area contributed by atoms with Crippen molar-refractivity contribution < 1.29 is 18.3 Å². The molecule has 0 unspecified atom stereocenters. The van der Waals surface area contributed by atoms with Crippen LogP contribution in [-0.2, 0) is 18.0 Å². The molecule has 0 saturated carbocycles. The van der Waals surface area contributed by atoms with Crippen molar-refractivity contribution in [2.24, 2.45) is 0 Å². The molecule has 1 saturated heterocycles. The Morgan fingerprint density at radius 3 is 2.60 bits per heavy atom. The summed E-state index contributed by atoms with van der Waals surface area (Å²) in [6, 6.07) is 15.2. The van der Waals surface area contributed by atoms with Crippen LogP contribution in [0.4, 0.5) is 0 Å². The van der Waals surface area contributed by atoms with E-state index in [0.29, 0.717) is 29.0 Å². The summed E-state index contributed by atoms with van der Waals surface area (Å²) < 4.78 is 24.2. The van der Waals surface area contributed by atoms with Gasteiger partial charge in [0, 0.05) is 18.7 Å². The first-order valence-corrected chi connectivity index (χ1v) is 10.1. The topological polar surface area (TPSA) is 78.7 Å². The van der Waals surface area contributed by atoms with Crippen molar-refractivity contribution in [1.82, 2.24) is 19.7 Å². The number of hydrogen-bond acceptors (Lipinski definition) is 8. The third-order valence-corrected chi connectivity index (χ3v) is 5.14. The second kappa shape index (κ2) is 8.39. The van der Waals surface area contributed by atoms with Crippen LogP contribution >= 0.6 is 12.2 Å². The molecule has 8 nitrogen and oxygen atoms in total. The normalized spacial score (nSPS) is 14.9. The van der Waals surface area contributed by atoms with Gasteiger partial charge in [0.05, 0.1) is 19.9 Å². The number of benzene rings is 2. The standard InChI is InChI=1S/C21H20N4O4S/c30-21-25(14-24-9-11-26-12-10-24)23-19(29-21)13-27-16-7-5-15(6-8-16)20-22-17-3-1-2-4-18(17)28-20/h1-8H,9-14H2. The van der Waals surface area contributed by atoms with Crippen LogP contribution in [0.15, 0.2) is 57.4 Å². The van der Waals surface area contributed by atoms with E-state index in [1.165, 1.54) is 0 Å². The van der Waals surface area contributed by atoms with Crippen molar-refractivity contribution in [2.45, 2.75) is 13.3 Å². The summed E-state index contributed by atoms with van der Waals surface area (Å²) in [5, 5.41) is 4.42. The van der Waals surface area contributed by atoms with E-state index < -0.39 is 0 Å². The van der Waals surface area contributed by atoms with Gasteiger partial charge in [0.25, 0.3) is 10.7 Å². The minimum Gasteiger partial charge on any atom is -0.484 e. The fourth-order valence-electron chi connectivity index (χ4n) is 3.26. The van der Waals surface area contributed by atoms with Gasteiger partial charge in [-0.3, -0.25) is 4.90 Å². The Morgan fingerprint density at radius 1 is 1.00 bits per heavy atom. The van der Waals surface area contributed by atoms with Gasteiger partial charge in [0.1, 0.15) is 11.3 Å². The lowest BCUT2D eigenvalue weighted by molar-refractivity contribution is 0.0206. The van der Waals surface area contributed by atoms with E-state index in [1.807, 2.05) is 48.5 Å². The average molecular weight is 424 g/mol. The quantitative estimate of drug-likeness (QED) is 0.432. The van der Waals surface area contributed by atoms with Gasteiger partial charge in [0.2, 0.25) is 5.89 Å². The Morgan fingerprint density at radius 2 is 1.80 bits per heavy atom. The van der Waals surface area contributed by atoms with Crippen molar-refractivity contribution in [3.8, 4) is 17.2 Å². The molecule has 2 aromatic heterocycles. The molecule has 9 heteroatoms. The molecule has 1 fully saturated rings. The maximum absolute atomic E-state index is 5.80. The van der Waals surface area contributed by atoms with Gasteiger partial charge in [-0.2, -0.15) is 0 Å². The third kappa shape index (κ3) is 4.13. The van der Waals surface area contributed by atoms with Gasteiger partial charge in [-0.15, -0.1) is 5.10 Å². The van der Waals surface area contributed by atoms with Gasteiger partial charge in [-0.05, 0) is 48.6 Å². The maximum atomic E-state index is 5.80. The Bertz CT molecular complexity index is 1160. The minimum absolute atomic E-state index is 0.196. The largest absolute Gasteiger partial charge is 0.484 e. The molecule has 1 aliphatic rings. The summed E-state index contributed by atoms with van der Waals surface area (Å²) in [6.45, 7) is 3.94. The SMILES string of the molecule is S=c1oc(COc2ccc(-c3nc4ccccc4o3)cc2)nn1CN1CCOCC1. The summed E-state index contributed by atoms with van der Waals surface area (Å²) in [5.41, 5.74) is 2.48. The highest BCUT2D eigenvalue weighted by Crippen LogP contribution is 2.26. The first kappa shape index (κ1) is 19.0. The zero-order chi connectivity index (χ0) is 20.3. The Hall–Kier alpha value is -3.01. The maximum Gasteiger partial charge on any atom is 0.288 e. The van der Waals surface area contributed by atoms with E-state index >= 15 is 0 Å². The number of hydrogen-bond donors (Lipinski definition) is 0.